The van der Waals surface area contributed by atoms with Gasteiger partial charge in [-0.15, -0.1) is 0 Å². The number of methoxy groups -OCH3 is 2. The summed E-state index contributed by atoms with van der Waals surface area (Å²) in [5.74, 6) is 0.979. The topological polar surface area (TPSA) is 60.5 Å². The molecule has 0 fully saturated rings. The summed E-state index contributed by atoms with van der Waals surface area (Å²) in [6.45, 7) is 2.33. The molecule has 0 bridgehead atoms. The highest BCUT2D eigenvalue weighted by Crippen LogP contribution is 2.28. The molecule has 0 atom stereocenters. The minimum absolute atomic E-state index is 0.207. The smallest absolute Gasteiger partial charge is 0.255 e. The average molecular weight is 286 g/mol. The molecule has 0 aliphatic heterocycles. The quantitative estimate of drug-likeness (QED) is 0.916. The van der Waals surface area contributed by atoms with E-state index in [0.717, 1.165) is 11.1 Å². The SMILES string of the molecule is COc1cc(C(=O)NCc2ccncc2)c(OC)cc1C. The van der Waals surface area contributed by atoms with Gasteiger partial charge >= 0.3 is 0 Å². The molecule has 0 aliphatic rings. The van der Waals surface area contributed by atoms with Crippen molar-refractivity contribution in [2.75, 3.05) is 14.2 Å². The predicted molar refractivity (Wildman–Crippen MR) is 79.7 cm³/mol. The van der Waals surface area contributed by atoms with Gasteiger partial charge in [-0.05, 0) is 42.3 Å². The zero-order valence-electron chi connectivity index (χ0n) is 12.3. The highest BCUT2D eigenvalue weighted by molar-refractivity contribution is 5.97. The number of carbonyl (C=O) groups is 1. The summed E-state index contributed by atoms with van der Waals surface area (Å²) in [7, 11) is 3.12. The predicted octanol–water partition coefficient (Wildman–Crippen LogP) is 2.34. The number of nitrogens with zero attached hydrogens (tertiary/aromatic N) is 1. The molecule has 5 heteroatoms. The summed E-state index contributed by atoms with van der Waals surface area (Å²) in [6.07, 6.45) is 3.38. The lowest BCUT2D eigenvalue weighted by Crippen LogP contribution is -2.23. The van der Waals surface area contributed by atoms with Crippen LogP contribution in [0, 0.1) is 6.92 Å². The van der Waals surface area contributed by atoms with Gasteiger partial charge in [-0.3, -0.25) is 9.78 Å². The Morgan fingerprint density at radius 3 is 2.43 bits per heavy atom. The number of hydrogen-bond donors (Lipinski definition) is 1. The molecule has 21 heavy (non-hydrogen) atoms. The van der Waals surface area contributed by atoms with Gasteiger partial charge in [-0.25, -0.2) is 0 Å². The first-order chi connectivity index (χ1) is 10.2. The molecule has 110 valence electrons. The first-order valence-corrected chi connectivity index (χ1v) is 6.55. The maximum absolute atomic E-state index is 12.3. The van der Waals surface area contributed by atoms with Crippen molar-refractivity contribution in [2.45, 2.75) is 13.5 Å². The van der Waals surface area contributed by atoms with E-state index in [1.807, 2.05) is 19.1 Å². The molecule has 0 unspecified atom stereocenters. The largest absolute Gasteiger partial charge is 0.496 e. The van der Waals surface area contributed by atoms with Crippen LogP contribution < -0.4 is 14.8 Å². The number of aromatic nitrogens is 1. The average Bonchev–Trinajstić information content (AvgIpc) is 2.53. The summed E-state index contributed by atoms with van der Waals surface area (Å²) in [4.78, 5) is 16.3. The molecule has 0 saturated heterocycles. The monoisotopic (exact) mass is 286 g/mol. The van der Waals surface area contributed by atoms with Crippen LogP contribution in [0.1, 0.15) is 21.5 Å². The summed E-state index contributed by atoms with van der Waals surface area (Å²) in [6, 6.07) is 7.19. The van der Waals surface area contributed by atoms with E-state index in [9.17, 15) is 4.79 Å². The summed E-state index contributed by atoms with van der Waals surface area (Å²) in [5.41, 5.74) is 2.35. The Balaban J connectivity index is 2.18. The fraction of sp³-hybridized carbons (Fsp3) is 0.250. The standard InChI is InChI=1S/C16H18N2O3/c1-11-8-15(21-3)13(9-14(11)20-2)16(19)18-10-12-4-6-17-7-5-12/h4-9H,10H2,1-3H3,(H,18,19). The Bertz CT molecular complexity index is 627. The zero-order valence-corrected chi connectivity index (χ0v) is 12.3. The Labute approximate surface area is 123 Å². The van der Waals surface area contributed by atoms with Crippen LogP contribution in [0.5, 0.6) is 11.5 Å². The minimum Gasteiger partial charge on any atom is -0.496 e. The third kappa shape index (κ3) is 3.51. The number of aryl methyl sites for hydroxylation is 1. The van der Waals surface area contributed by atoms with Crippen LogP contribution in [0.15, 0.2) is 36.7 Å². The molecule has 0 spiro atoms. The second kappa shape index (κ2) is 6.74. The molecule has 1 amide bonds. The van der Waals surface area contributed by atoms with Gasteiger partial charge in [0, 0.05) is 18.9 Å². The van der Waals surface area contributed by atoms with E-state index >= 15 is 0 Å². The lowest BCUT2D eigenvalue weighted by atomic mass is 10.1. The van der Waals surface area contributed by atoms with E-state index in [1.165, 1.54) is 0 Å². The van der Waals surface area contributed by atoms with Crippen molar-refractivity contribution in [3.8, 4) is 11.5 Å². The third-order valence-corrected chi connectivity index (χ3v) is 3.16. The normalized spacial score (nSPS) is 10.0. The van der Waals surface area contributed by atoms with Gasteiger partial charge in [-0.2, -0.15) is 0 Å². The number of hydrogen-bond acceptors (Lipinski definition) is 4. The molecule has 1 aromatic heterocycles. The molecular weight excluding hydrogens is 268 g/mol. The van der Waals surface area contributed by atoms with Crippen molar-refractivity contribution in [3.63, 3.8) is 0 Å². The van der Waals surface area contributed by atoms with Crippen molar-refractivity contribution in [1.29, 1.82) is 0 Å². The van der Waals surface area contributed by atoms with Crippen LogP contribution >= 0.6 is 0 Å². The summed E-state index contributed by atoms with van der Waals surface area (Å²) < 4.78 is 10.5. The minimum atomic E-state index is -0.207. The van der Waals surface area contributed by atoms with Crippen molar-refractivity contribution < 1.29 is 14.3 Å². The Morgan fingerprint density at radius 1 is 1.14 bits per heavy atom. The Hall–Kier alpha value is -2.56. The molecule has 1 aromatic carbocycles. The second-order valence-corrected chi connectivity index (χ2v) is 4.56. The van der Waals surface area contributed by atoms with E-state index in [4.69, 9.17) is 9.47 Å². The van der Waals surface area contributed by atoms with E-state index in [1.54, 1.807) is 38.7 Å². The molecule has 2 aromatic rings. The van der Waals surface area contributed by atoms with Crippen LogP contribution in [0.2, 0.25) is 0 Å². The molecule has 5 nitrogen and oxygen atoms in total. The number of ether oxygens (including phenoxy) is 2. The van der Waals surface area contributed by atoms with Crippen molar-refractivity contribution in [1.82, 2.24) is 10.3 Å². The molecule has 1 N–H and O–H groups in total. The van der Waals surface area contributed by atoms with Gasteiger partial charge in [0.25, 0.3) is 5.91 Å². The van der Waals surface area contributed by atoms with Gasteiger partial charge in [0.2, 0.25) is 0 Å². The van der Waals surface area contributed by atoms with Gasteiger partial charge in [0.05, 0.1) is 19.8 Å². The van der Waals surface area contributed by atoms with E-state index < -0.39 is 0 Å². The van der Waals surface area contributed by atoms with Crippen LogP contribution in [-0.4, -0.2) is 25.1 Å². The van der Waals surface area contributed by atoms with Crippen LogP contribution in [0.4, 0.5) is 0 Å². The van der Waals surface area contributed by atoms with Gasteiger partial charge in [0.1, 0.15) is 11.5 Å². The van der Waals surface area contributed by atoms with Gasteiger partial charge in [0.15, 0.2) is 0 Å². The van der Waals surface area contributed by atoms with E-state index in [2.05, 4.69) is 10.3 Å². The van der Waals surface area contributed by atoms with Crippen molar-refractivity contribution in [2.24, 2.45) is 0 Å². The van der Waals surface area contributed by atoms with Crippen molar-refractivity contribution >= 4 is 5.91 Å². The second-order valence-electron chi connectivity index (χ2n) is 4.56. The highest BCUT2D eigenvalue weighted by Gasteiger charge is 2.15. The zero-order chi connectivity index (χ0) is 15.2. The maximum Gasteiger partial charge on any atom is 0.255 e. The maximum atomic E-state index is 12.3. The molecule has 2 rings (SSSR count). The lowest BCUT2D eigenvalue weighted by molar-refractivity contribution is 0.0947. The molecule has 0 radical (unpaired) electrons. The molecule has 0 saturated carbocycles. The fourth-order valence-electron chi connectivity index (χ4n) is 2.01. The summed E-state index contributed by atoms with van der Waals surface area (Å²) >= 11 is 0. The third-order valence-electron chi connectivity index (χ3n) is 3.16. The van der Waals surface area contributed by atoms with Crippen LogP contribution in [-0.2, 0) is 6.54 Å². The first-order valence-electron chi connectivity index (χ1n) is 6.55. The van der Waals surface area contributed by atoms with Gasteiger partial charge in [-0.1, -0.05) is 0 Å². The molecule has 0 aliphatic carbocycles. The summed E-state index contributed by atoms with van der Waals surface area (Å²) in [5, 5.41) is 2.86. The lowest BCUT2D eigenvalue weighted by Gasteiger charge is -2.13. The number of pyridine rings is 1. The van der Waals surface area contributed by atoms with Crippen LogP contribution in [0.25, 0.3) is 0 Å². The van der Waals surface area contributed by atoms with E-state index in [-0.39, 0.29) is 5.91 Å². The number of benzene rings is 1. The Morgan fingerprint density at radius 2 is 1.81 bits per heavy atom. The van der Waals surface area contributed by atoms with E-state index in [0.29, 0.717) is 23.6 Å². The molecular formula is C16H18N2O3. The Kier molecular flexibility index (Phi) is 4.77. The van der Waals surface area contributed by atoms with Gasteiger partial charge < -0.3 is 14.8 Å². The number of nitrogens with one attached hydrogen (secondary N) is 1. The fourth-order valence-corrected chi connectivity index (χ4v) is 2.01. The number of carbonyl (C=O) groups excluding carboxylic acids is 1. The first kappa shape index (κ1) is 14.8. The highest BCUT2D eigenvalue weighted by atomic mass is 16.5. The van der Waals surface area contributed by atoms with Crippen molar-refractivity contribution in [3.05, 3.63) is 53.3 Å². The number of amides is 1. The number of rotatable bonds is 5. The molecule has 1 heterocycles. The van der Waals surface area contributed by atoms with Crippen LogP contribution in [0.3, 0.4) is 0 Å².